The van der Waals surface area contributed by atoms with E-state index in [9.17, 15) is 10.1 Å². The van der Waals surface area contributed by atoms with Crippen molar-refractivity contribution in [3.05, 3.63) is 40.9 Å². The molecule has 0 N–H and O–H groups in total. The molecule has 0 aliphatic heterocycles. The molecule has 0 fully saturated rings. The lowest BCUT2D eigenvalue weighted by molar-refractivity contribution is -0.385. The second kappa shape index (κ2) is 4.01. The van der Waals surface area contributed by atoms with Crippen molar-refractivity contribution in [3.63, 3.8) is 0 Å². The zero-order valence-corrected chi connectivity index (χ0v) is 8.41. The molecule has 1 aromatic heterocycles. The normalized spacial score (nSPS) is 10.1. The van der Waals surface area contributed by atoms with Gasteiger partial charge in [0.25, 0.3) is 0 Å². The maximum atomic E-state index is 10.8. The first-order chi connectivity index (χ1) is 7.72. The highest BCUT2D eigenvalue weighted by molar-refractivity contribution is 5.64. The summed E-state index contributed by atoms with van der Waals surface area (Å²) in [4.78, 5) is 14.0. The predicted octanol–water partition coefficient (Wildman–Crippen LogP) is 2.26. The van der Waals surface area contributed by atoms with Crippen molar-refractivity contribution >= 4 is 5.69 Å². The first kappa shape index (κ1) is 10.2. The second-order valence-electron chi connectivity index (χ2n) is 3.01. The maximum absolute atomic E-state index is 10.8. The Labute approximate surface area is 90.6 Å². The van der Waals surface area contributed by atoms with Gasteiger partial charge in [-0.05, 0) is 12.1 Å². The van der Waals surface area contributed by atoms with Crippen molar-refractivity contribution in [2.45, 2.75) is 0 Å². The molecule has 0 bridgehead atoms. The molecule has 0 atom stereocenters. The fraction of sp³-hybridized carbons (Fsp3) is 0.100. The number of nitrogens with zero attached hydrogens (tertiary/aromatic N) is 2. The average Bonchev–Trinajstić information content (AvgIpc) is 2.81. The van der Waals surface area contributed by atoms with E-state index in [-0.39, 0.29) is 11.4 Å². The van der Waals surface area contributed by atoms with E-state index in [0.29, 0.717) is 11.3 Å². The summed E-state index contributed by atoms with van der Waals surface area (Å²) in [6.45, 7) is 0. The fourth-order valence-electron chi connectivity index (χ4n) is 1.34. The minimum atomic E-state index is -0.501. The van der Waals surface area contributed by atoms with Gasteiger partial charge in [0.2, 0.25) is 0 Å². The lowest BCUT2D eigenvalue weighted by Gasteiger charge is -2.02. The van der Waals surface area contributed by atoms with E-state index in [0.717, 1.165) is 0 Å². The molecule has 6 heteroatoms. The Morgan fingerprint density at radius 3 is 2.88 bits per heavy atom. The molecular formula is C10H8N2O4. The van der Waals surface area contributed by atoms with E-state index in [1.54, 1.807) is 6.07 Å². The lowest BCUT2D eigenvalue weighted by Crippen LogP contribution is -1.93. The summed E-state index contributed by atoms with van der Waals surface area (Å²) in [5.74, 6) is 0.694. The van der Waals surface area contributed by atoms with Crippen molar-refractivity contribution in [3.8, 4) is 17.1 Å². The van der Waals surface area contributed by atoms with Crippen molar-refractivity contribution in [1.82, 2.24) is 4.98 Å². The van der Waals surface area contributed by atoms with Gasteiger partial charge in [-0.25, -0.2) is 4.98 Å². The molecule has 1 aromatic carbocycles. The summed E-state index contributed by atoms with van der Waals surface area (Å²) >= 11 is 0. The quantitative estimate of drug-likeness (QED) is 0.585. The Morgan fingerprint density at radius 1 is 1.50 bits per heavy atom. The second-order valence-corrected chi connectivity index (χ2v) is 3.01. The van der Waals surface area contributed by atoms with Crippen LogP contribution in [0.15, 0.2) is 35.2 Å². The Kier molecular flexibility index (Phi) is 2.55. The van der Waals surface area contributed by atoms with Crippen LogP contribution >= 0.6 is 0 Å². The third kappa shape index (κ3) is 1.72. The fourth-order valence-corrected chi connectivity index (χ4v) is 1.34. The Morgan fingerprint density at radius 2 is 2.31 bits per heavy atom. The smallest absolute Gasteiger partial charge is 0.311 e. The molecule has 0 aliphatic carbocycles. The van der Waals surface area contributed by atoms with Gasteiger partial charge in [-0.1, -0.05) is 0 Å². The molecule has 0 amide bonds. The molecule has 0 radical (unpaired) electrons. The highest BCUT2D eigenvalue weighted by atomic mass is 16.6. The van der Waals surface area contributed by atoms with Gasteiger partial charge >= 0.3 is 5.69 Å². The van der Waals surface area contributed by atoms with E-state index in [1.807, 2.05) is 0 Å². The zero-order valence-electron chi connectivity index (χ0n) is 8.41. The zero-order chi connectivity index (χ0) is 11.5. The van der Waals surface area contributed by atoms with Crippen LogP contribution in [-0.4, -0.2) is 17.0 Å². The monoisotopic (exact) mass is 220 g/mol. The molecule has 16 heavy (non-hydrogen) atoms. The predicted molar refractivity (Wildman–Crippen MR) is 55.1 cm³/mol. The van der Waals surface area contributed by atoms with Gasteiger partial charge in [0.1, 0.15) is 0 Å². The summed E-state index contributed by atoms with van der Waals surface area (Å²) in [6, 6.07) is 4.58. The van der Waals surface area contributed by atoms with E-state index in [2.05, 4.69) is 4.98 Å². The number of ether oxygens (including phenoxy) is 1. The molecule has 1 heterocycles. The number of hydrogen-bond acceptors (Lipinski definition) is 5. The number of aromatic nitrogens is 1. The number of nitro benzene ring substituents is 1. The average molecular weight is 220 g/mol. The van der Waals surface area contributed by atoms with Gasteiger partial charge in [0, 0.05) is 11.6 Å². The van der Waals surface area contributed by atoms with Crippen LogP contribution in [-0.2, 0) is 0 Å². The topological polar surface area (TPSA) is 78.4 Å². The van der Waals surface area contributed by atoms with Gasteiger partial charge in [0.15, 0.2) is 17.9 Å². The van der Waals surface area contributed by atoms with Gasteiger partial charge in [-0.3, -0.25) is 10.1 Å². The van der Waals surface area contributed by atoms with Crippen molar-refractivity contribution in [2.75, 3.05) is 7.11 Å². The molecule has 0 aliphatic rings. The molecule has 2 rings (SSSR count). The summed E-state index contributed by atoms with van der Waals surface area (Å²) in [5, 5.41) is 10.8. The SMILES string of the molecule is COc1ccc(-c2cnco2)cc1[N+](=O)[O-]. The van der Waals surface area contributed by atoms with Crippen molar-refractivity contribution in [1.29, 1.82) is 0 Å². The third-order valence-corrected chi connectivity index (χ3v) is 2.09. The van der Waals surface area contributed by atoms with Gasteiger partial charge in [-0.15, -0.1) is 0 Å². The molecular weight excluding hydrogens is 212 g/mol. The van der Waals surface area contributed by atoms with Crippen LogP contribution < -0.4 is 4.74 Å². The molecule has 6 nitrogen and oxygen atoms in total. The molecule has 2 aromatic rings. The van der Waals surface area contributed by atoms with E-state index >= 15 is 0 Å². The highest BCUT2D eigenvalue weighted by Crippen LogP contribution is 2.31. The first-order valence-electron chi connectivity index (χ1n) is 4.43. The molecule has 0 spiro atoms. The summed E-state index contributed by atoms with van der Waals surface area (Å²) in [7, 11) is 1.39. The number of methoxy groups -OCH3 is 1. The number of nitro groups is 1. The van der Waals surface area contributed by atoms with Crippen LogP contribution in [0.2, 0.25) is 0 Å². The maximum Gasteiger partial charge on any atom is 0.311 e. The standard InChI is InChI=1S/C10H8N2O4/c1-15-9-3-2-7(4-8(9)12(13)14)10-5-11-6-16-10/h2-6H,1H3. The minimum absolute atomic E-state index is 0.101. The number of oxazole rings is 1. The van der Waals surface area contributed by atoms with Gasteiger partial charge in [-0.2, -0.15) is 0 Å². The first-order valence-corrected chi connectivity index (χ1v) is 4.43. The number of benzene rings is 1. The van der Waals surface area contributed by atoms with Crippen LogP contribution in [0.1, 0.15) is 0 Å². The van der Waals surface area contributed by atoms with Crippen LogP contribution in [0.4, 0.5) is 5.69 Å². The van der Waals surface area contributed by atoms with Crippen LogP contribution in [0.25, 0.3) is 11.3 Å². The molecule has 0 saturated carbocycles. The van der Waals surface area contributed by atoms with Crippen LogP contribution in [0.5, 0.6) is 5.75 Å². The van der Waals surface area contributed by atoms with Crippen molar-refractivity contribution < 1.29 is 14.1 Å². The highest BCUT2D eigenvalue weighted by Gasteiger charge is 2.16. The molecule has 0 saturated heterocycles. The van der Waals surface area contributed by atoms with E-state index < -0.39 is 4.92 Å². The lowest BCUT2D eigenvalue weighted by atomic mass is 10.1. The van der Waals surface area contributed by atoms with E-state index in [1.165, 1.54) is 31.8 Å². The Hall–Kier alpha value is -2.37. The van der Waals surface area contributed by atoms with Crippen LogP contribution in [0, 0.1) is 10.1 Å². The van der Waals surface area contributed by atoms with Gasteiger partial charge < -0.3 is 9.15 Å². The minimum Gasteiger partial charge on any atom is -0.490 e. The molecule has 0 unspecified atom stereocenters. The van der Waals surface area contributed by atoms with E-state index in [4.69, 9.17) is 9.15 Å². The number of rotatable bonds is 3. The Bertz CT molecular complexity index is 508. The summed E-state index contributed by atoms with van der Waals surface area (Å²) in [6.07, 6.45) is 2.76. The van der Waals surface area contributed by atoms with Crippen LogP contribution in [0.3, 0.4) is 0 Å². The van der Waals surface area contributed by atoms with Crippen molar-refractivity contribution in [2.24, 2.45) is 0 Å². The largest absolute Gasteiger partial charge is 0.490 e. The number of hydrogen-bond donors (Lipinski definition) is 0. The Balaban J connectivity index is 2.51. The van der Waals surface area contributed by atoms with Gasteiger partial charge in [0.05, 0.1) is 18.2 Å². The molecule has 82 valence electrons. The summed E-state index contributed by atoms with van der Waals surface area (Å²) < 4.78 is 9.94. The third-order valence-electron chi connectivity index (χ3n) is 2.09. The summed E-state index contributed by atoms with van der Waals surface area (Å²) in [5.41, 5.74) is 0.487.